The molecule has 2 nitrogen and oxygen atoms in total. The molecule has 0 saturated carbocycles. The molecule has 0 bridgehead atoms. The van der Waals surface area contributed by atoms with Gasteiger partial charge in [-0.25, -0.2) is 0 Å². The summed E-state index contributed by atoms with van der Waals surface area (Å²) in [5, 5.41) is 9.04. The SMILES string of the molecule is CCCCCCCCCCCCCCC[C@@H]1CC[C@@H](CO)O1. The van der Waals surface area contributed by atoms with Crippen LogP contribution in [0.2, 0.25) is 0 Å². The molecular weight excluding hydrogens is 272 g/mol. The standard InChI is InChI=1S/C20H40O2/c1-2-3-4-5-6-7-8-9-10-11-12-13-14-15-19-16-17-20(18-21)22-19/h19-21H,2-18H2,1H3/t19-,20+/m1/s1. The monoisotopic (exact) mass is 312 g/mol. The van der Waals surface area contributed by atoms with Crippen molar-refractivity contribution in [2.75, 3.05) is 6.61 Å². The second kappa shape index (κ2) is 14.5. The van der Waals surface area contributed by atoms with E-state index in [0.29, 0.717) is 6.10 Å². The molecule has 0 aromatic carbocycles. The third kappa shape index (κ3) is 10.6. The molecule has 2 atom stereocenters. The van der Waals surface area contributed by atoms with Gasteiger partial charge in [-0.2, -0.15) is 0 Å². The van der Waals surface area contributed by atoms with Crippen LogP contribution in [0.15, 0.2) is 0 Å². The zero-order valence-electron chi connectivity index (χ0n) is 15.0. The first-order chi connectivity index (χ1) is 10.9. The quantitative estimate of drug-likeness (QED) is 0.375. The lowest BCUT2D eigenvalue weighted by Gasteiger charge is -2.11. The highest BCUT2D eigenvalue weighted by molar-refractivity contribution is 4.72. The van der Waals surface area contributed by atoms with E-state index in [-0.39, 0.29) is 12.7 Å². The maximum atomic E-state index is 9.04. The molecule has 132 valence electrons. The summed E-state index contributed by atoms with van der Waals surface area (Å²) in [7, 11) is 0. The molecule has 0 unspecified atom stereocenters. The van der Waals surface area contributed by atoms with Gasteiger partial charge in [0.25, 0.3) is 0 Å². The average Bonchev–Trinajstić information content (AvgIpc) is 3.00. The lowest BCUT2D eigenvalue weighted by molar-refractivity contribution is 0.00758. The van der Waals surface area contributed by atoms with E-state index in [9.17, 15) is 0 Å². The Morgan fingerprint density at radius 1 is 0.682 bits per heavy atom. The first-order valence-electron chi connectivity index (χ1n) is 10.1. The summed E-state index contributed by atoms with van der Waals surface area (Å²) in [5.41, 5.74) is 0. The van der Waals surface area contributed by atoms with Crippen LogP contribution in [0, 0.1) is 0 Å². The predicted octanol–water partition coefficient (Wildman–Crippen LogP) is 6.01. The Morgan fingerprint density at radius 3 is 1.59 bits per heavy atom. The van der Waals surface area contributed by atoms with E-state index < -0.39 is 0 Å². The third-order valence-electron chi connectivity index (χ3n) is 5.03. The zero-order valence-corrected chi connectivity index (χ0v) is 15.0. The molecular formula is C20H40O2. The number of hydrogen-bond donors (Lipinski definition) is 1. The van der Waals surface area contributed by atoms with Crippen LogP contribution in [0.1, 0.15) is 110 Å². The molecule has 1 aliphatic rings. The minimum absolute atomic E-state index is 0.131. The van der Waals surface area contributed by atoms with E-state index in [2.05, 4.69) is 6.92 Å². The van der Waals surface area contributed by atoms with Gasteiger partial charge < -0.3 is 9.84 Å². The number of aliphatic hydroxyl groups is 1. The summed E-state index contributed by atoms with van der Waals surface area (Å²) >= 11 is 0. The highest BCUT2D eigenvalue weighted by atomic mass is 16.5. The lowest BCUT2D eigenvalue weighted by atomic mass is 10.0. The summed E-state index contributed by atoms with van der Waals surface area (Å²) in [6.07, 6.45) is 22.4. The summed E-state index contributed by atoms with van der Waals surface area (Å²) in [6, 6.07) is 0. The lowest BCUT2D eigenvalue weighted by Crippen LogP contribution is -2.14. The zero-order chi connectivity index (χ0) is 15.9. The number of aliphatic hydroxyl groups excluding tert-OH is 1. The molecule has 0 aromatic heterocycles. The van der Waals surface area contributed by atoms with Crippen molar-refractivity contribution in [2.24, 2.45) is 0 Å². The predicted molar refractivity (Wildman–Crippen MR) is 95.3 cm³/mol. The molecule has 0 aromatic rings. The molecule has 0 radical (unpaired) electrons. The third-order valence-corrected chi connectivity index (χ3v) is 5.03. The van der Waals surface area contributed by atoms with Crippen molar-refractivity contribution in [1.82, 2.24) is 0 Å². The summed E-state index contributed by atoms with van der Waals surface area (Å²) in [6.45, 7) is 2.49. The first-order valence-corrected chi connectivity index (χ1v) is 10.1. The Hall–Kier alpha value is -0.0800. The van der Waals surface area contributed by atoms with Crippen LogP contribution in [-0.2, 0) is 4.74 Å². The van der Waals surface area contributed by atoms with Crippen LogP contribution < -0.4 is 0 Å². The van der Waals surface area contributed by atoms with Crippen molar-refractivity contribution >= 4 is 0 Å². The smallest absolute Gasteiger partial charge is 0.0810 e. The molecule has 1 heterocycles. The van der Waals surface area contributed by atoms with E-state index in [4.69, 9.17) is 9.84 Å². The molecule has 0 aliphatic carbocycles. The Kier molecular flexibility index (Phi) is 13.2. The summed E-state index contributed by atoms with van der Waals surface area (Å²) < 4.78 is 5.77. The minimum Gasteiger partial charge on any atom is -0.394 e. The molecule has 0 amide bonds. The molecule has 1 aliphatic heterocycles. The minimum atomic E-state index is 0.131. The van der Waals surface area contributed by atoms with Crippen LogP contribution >= 0.6 is 0 Å². The second-order valence-electron chi connectivity index (χ2n) is 7.17. The number of unbranched alkanes of at least 4 members (excludes halogenated alkanes) is 12. The van der Waals surface area contributed by atoms with Crippen LogP contribution in [0.3, 0.4) is 0 Å². The number of hydrogen-bond acceptors (Lipinski definition) is 2. The van der Waals surface area contributed by atoms with E-state index in [1.54, 1.807) is 0 Å². The topological polar surface area (TPSA) is 29.5 Å². The summed E-state index contributed by atoms with van der Waals surface area (Å²) in [4.78, 5) is 0. The average molecular weight is 313 g/mol. The largest absolute Gasteiger partial charge is 0.394 e. The maximum Gasteiger partial charge on any atom is 0.0810 e. The van der Waals surface area contributed by atoms with E-state index in [0.717, 1.165) is 12.8 Å². The highest BCUT2D eigenvalue weighted by Crippen LogP contribution is 2.23. The maximum absolute atomic E-state index is 9.04. The van der Waals surface area contributed by atoms with Gasteiger partial charge in [-0.3, -0.25) is 0 Å². The molecule has 22 heavy (non-hydrogen) atoms. The fourth-order valence-corrected chi connectivity index (χ4v) is 3.52. The van der Waals surface area contributed by atoms with Gasteiger partial charge in [-0.15, -0.1) is 0 Å². The number of rotatable bonds is 15. The van der Waals surface area contributed by atoms with E-state index >= 15 is 0 Å². The van der Waals surface area contributed by atoms with Gasteiger partial charge >= 0.3 is 0 Å². The molecule has 1 N–H and O–H groups in total. The van der Waals surface area contributed by atoms with Gasteiger partial charge in [-0.05, 0) is 19.3 Å². The summed E-state index contributed by atoms with van der Waals surface area (Å²) in [5.74, 6) is 0. The molecule has 1 fully saturated rings. The Labute approximate surface area is 139 Å². The van der Waals surface area contributed by atoms with Crippen LogP contribution in [0.5, 0.6) is 0 Å². The van der Waals surface area contributed by atoms with Gasteiger partial charge in [0.05, 0.1) is 18.8 Å². The molecule has 2 heteroatoms. The molecule has 1 saturated heterocycles. The fourth-order valence-electron chi connectivity index (χ4n) is 3.52. The number of ether oxygens (including phenoxy) is 1. The molecule has 1 rings (SSSR count). The Balaban J connectivity index is 1.72. The highest BCUT2D eigenvalue weighted by Gasteiger charge is 2.23. The first kappa shape index (κ1) is 20.0. The van der Waals surface area contributed by atoms with E-state index in [1.807, 2.05) is 0 Å². The Bertz CT molecular complexity index is 230. The van der Waals surface area contributed by atoms with Gasteiger partial charge in [0, 0.05) is 0 Å². The van der Waals surface area contributed by atoms with Gasteiger partial charge in [0.1, 0.15) is 0 Å². The van der Waals surface area contributed by atoms with Gasteiger partial charge in [0.15, 0.2) is 0 Å². The fraction of sp³-hybridized carbons (Fsp3) is 1.00. The molecule has 0 spiro atoms. The van der Waals surface area contributed by atoms with Crippen molar-refractivity contribution < 1.29 is 9.84 Å². The van der Waals surface area contributed by atoms with Crippen LogP contribution in [0.4, 0.5) is 0 Å². The van der Waals surface area contributed by atoms with Crippen molar-refractivity contribution in [3.05, 3.63) is 0 Å². The Morgan fingerprint density at radius 2 is 1.14 bits per heavy atom. The van der Waals surface area contributed by atoms with Crippen molar-refractivity contribution in [2.45, 2.75) is 122 Å². The van der Waals surface area contributed by atoms with E-state index in [1.165, 1.54) is 89.9 Å². The van der Waals surface area contributed by atoms with Crippen molar-refractivity contribution in [3.63, 3.8) is 0 Å². The second-order valence-corrected chi connectivity index (χ2v) is 7.17. The van der Waals surface area contributed by atoms with Crippen molar-refractivity contribution in [3.8, 4) is 0 Å². The van der Waals surface area contributed by atoms with Gasteiger partial charge in [0.2, 0.25) is 0 Å². The van der Waals surface area contributed by atoms with Crippen molar-refractivity contribution in [1.29, 1.82) is 0 Å². The normalized spacial score (nSPS) is 21.5. The van der Waals surface area contributed by atoms with Gasteiger partial charge in [-0.1, -0.05) is 90.4 Å². The van der Waals surface area contributed by atoms with Crippen LogP contribution in [0.25, 0.3) is 0 Å². The van der Waals surface area contributed by atoms with Crippen LogP contribution in [-0.4, -0.2) is 23.9 Å².